The molecule has 0 fully saturated rings. The van der Waals surface area contributed by atoms with Crippen LogP contribution in [0.3, 0.4) is 0 Å². The highest BCUT2D eigenvalue weighted by atomic mass is 32.2. The van der Waals surface area contributed by atoms with Crippen LogP contribution in [0.4, 0.5) is 11.4 Å². The van der Waals surface area contributed by atoms with E-state index in [9.17, 15) is 23.3 Å². The van der Waals surface area contributed by atoms with Gasteiger partial charge >= 0.3 is 0 Å². The van der Waals surface area contributed by atoms with Gasteiger partial charge in [0.15, 0.2) is 0 Å². The minimum atomic E-state index is -4.13. The molecule has 0 unspecified atom stereocenters. The fraction of sp³-hybridized carbons (Fsp3) is 0.143. The lowest BCUT2D eigenvalue weighted by Gasteiger charge is -2.24. The molecular weight excluding hydrogens is 452 g/mol. The number of nitrogens with zero attached hydrogens (tertiary/aromatic N) is 3. The average Bonchev–Trinajstić information content (AvgIpc) is 2.81. The van der Waals surface area contributed by atoms with E-state index in [1.54, 1.807) is 24.4 Å². The van der Waals surface area contributed by atoms with Crippen LogP contribution in [0.25, 0.3) is 0 Å². The van der Waals surface area contributed by atoms with Gasteiger partial charge in [0.05, 0.1) is 20.5 Å². The Morgan fingerprint density at radius 3 is 2.50 bits per heavy atom. The van der Waals surface area contributed by atoms with Crippen LogP contribution in [0, 0.1) is 10.1 Å². The molecule has 1 heterocycles. The number of hydrogen-bond acceptors (Lipinski definition) is 7. The number of anilines is 1. The molecular formula is C21H20N4O5S2. The number of carbonyl (C=O) groups is 1. The topological polar surface area (TPSA) is 123 Å². The predicted octanol–water partition coefficient (Wildman–Crippen LogP) is 3.09. The van der Waals surface area contributed by atoms with E-state index in [2.05, 4.69) is 10.3 Å². The smallest absolute Gasteiger partial charge is 0.271 e. The Balaban J connectivity index is 1.76. The molecule has 32 heavy (non-hydrogen) atoms. The molecule has 0 saturated heterocycles. The van der Waals surface area contributed by atoms with Crippen molar-refractivity contribution in [1.29, 1.82) is 0 Å². The lowest BCUT2D eigenvalue weighted by Crippen LogP contribution is -2.41. The molecule has 3 rings (SSSR count). The van der Waals surface area contributed by atoms with Gasteiger partial charge in [0.25, 0.3) is 15.7 Å². The third-order valence-electron chi connectivity index (χ3n) is 4.26. The highest BCUT2D eigenvalue weighted by Gasteiger charge is 2.28. The van der Waals surface area contributed by atoms with Gasteiger partial charge in [-0.25, -0.2) is 13.4 Å². The molecule has 0 aliphatic rings. The van der Waals surface area contributed by atoms with Gasteiger partial charge < -0.3 is 5.32 Å². The zero-order chi connectivity index (χ0) is 23.0. The lowest BCUT2D eigenvalue weighted by molar-refractivity contribution is -0.384. The number of nitrogens with one attached hydrogen (secondary N) is 1. The van der Waals surface area contributed by atoms with Crippen LogP contribution < -0.4 is 9.62 Å². The van der Waals surface area contributed by atoms with Crippen molar-refractivity contribution in [3.05, 3.63) is 89.1 Å². The van der Waals surface area contributed by atoms with Crippen molar-refractivity contribution in [3.63, 3.8) is 0 Å². The third kappa shape index (κ3) is 6.05. The van der Waals surface area contributed by atoms with Gasteiger partial charge in [0.2, 0.25) is 5.91 Å². The van der Waals surface area contributed by atoms with Gasteiger partial charge in [-0.3, -0.25) is 19.2 Å². The minimum Gasteiger partial charge on any atom is -0.354 e. The van der Waals surface area contributed by atoms with Crippen molar-refractivity contribution in [2.45, 2.75) is 9.92 Å². The highest BCUT2D eigenvalue weighted by Crippen LogP contribution is 2.26. The molecule has 1 N–H and O–H groups in total. The average molecular weight is 473 g/mol. The van der Waals surface area contributed by atoms with E-state index in [-0.39, 0.29) is 16.3 Å². The molecule has 0 atom stereocenters. The van der Waals surface area contributed by atoms with Crippen molar-refractivity contribution in [2.75, 3.05) is 23.1 Å². The summed E-state index contributed by atoms with van der Waals surface area (Å²) in [5.41, 5.74) is -0.246. The molecule has 0 bridgehead atoms. The van der Waals surface area contributed by atoms with Crippen molar-refractivity contribution in [2.24, 2.45) is 0 Å². The maximum atomic E-state index is 13.2. The Bertz CT molecular complexity index is 1180. The molecule has 9 nitrogen and oxygen atoms in total. The number of rotatable bonds is 10. The quantitative estimate of drug-likeness (QED) is 0.208. The normalized spacial score (nSPS) is 11.0. The summed E-state index contributed by atoms with van der Waals surface area (Å²) in [6, 6.07) is 18.3. The van der Waals surface area contributed by atoms with Gasteiger partial charge in [-0.15, -0.1) is 11.8 Å². The van der Waals surface area contributed by atoms with Crippen LogP contribution >= 0.6 is 11.8 Å². The summed E-state index contributed by atoms with van der Waals surface area (Å²) in [6.07, 6.45) is 1.67. The predicted molar refractivity (Wildman–Crippen MR) is 122 cm³/mol. The molecule has 1 amide bonds. The number of pyridine rings is 1. The number of thioether (sulfide) groups is 1. The number of hydrogen-bond donors (Lipinski definition) is 1. The Kier molecular flexibility index (Phi) is 7.79. The summed E-state index contributed by atoms with van der Waals surface area (Å²) in [7, 11) is -4.13. The van der Waals surface area contributed by atoms with Crippen molar-refractivity contribution in [1.82, 2.24) is 10.3 Å². The van der Waals surface area contributed by atoms with Crippen molar-refractivity contribution >= 4 is 39.1 Å². The van der Waals surface area contributed by atoms with Gasteiger partial charge in [-0.2, -0.15) is 0 Å². The number of carbonyl (C=O) groups excluding carboxylic acids is 1. The highest BCUT2D eigenvalue weighted by molar-refractivity contribution is 7.99. The van der Waals surface area contributed by atoms with Crippen LogP contribution in [0.1, 0.15) is 0 Å². The van der Waals surface area contributed by atoms with Crippen LogP contribution in [-0.2, 0) is 14.8 Å². The van der Waals surface area contributed by atoms with E-state index in [1.165, 1.54) is 42.1 Å². The van der Waals surface area contributed by atoms with E-state index in [0.29, 0.717) is 12.3 Å². The second kappa shape index (κ2) is 10.7. The Morgan fingerprint density at radius 1 is 1.06 bits per heavy atom. The van der Waals surface area contributed by atoms with Crippen molar-refractivity contribution in [3.8, 4) is 0 Å². The lowest BCUT2D eigenvalue weighted by atomic mass is 10.3. The first-order chi connectivity index (χ1) is 15.4. The van der Waals surface area contributed by atoms with E-state index in [4.69, 9.17) is 0 Å². The van der Waals surface area contributed by atoms with Gasteiger partial charge in [0.1, 0.15) is 6.54 Å². The monoisotopic (exact) mass is 472 g/mol. The standard InChI is InChI=1S/C21H20N4O5S2/c26-20(22-13-14-31-21-11-4-5-12-23-21)16-24(17-7-6-8-18(15-17)25(27)28)32(29,30)19-9-2-1-3-10-19/h1-12,15H,13-14,16H2,(H,22,26). The van der Waals surface area contributed by atoms with E-state index < -0.39 is 27.4 Å². The number of non-ortho nitro benzene ring substituents is 1. The SMILES string of the molecule is O=C(CN(c1cccc([N+](=O)[O-])c1)S(=O)(=O)c1ccccc1)NCCSc1ccccn1. The number of amides is 1. The summed E-state index contributed by atoms with van der Waals surface area (Å²) in [4.78, 5) is 27.3. The summed E-state index contributed by atoms with van der Waals surface area (Å²) in [5.74, 6) is 0.0167. The molecule has 0 aliphatic heterocycles. The molecule has 1 aromatic heterocycles. The van der Waals surface area contributed by atoms with Gasteiger partial charge in [-0.1, -0.05) is 30.3 Å². The Labute approximate surface area is 189 Å². The maximum absolute atomic E-state index is 13.2. The second-order valence-corrected chi connectivity index (χ2v) is 9.45. The van der Waals surface area contributed by atoms with Crippen molar-refractivity contribution < 1.29 is 18.1 Å². The zero-order valence-electron chi connectivity index (χ0n) is 16.8. The molecule has 0 saturated carbocycles. The Morgan fingerprint density at radius 2 is 1.81 bits per heavy atom. The number of sulfonamides is 1. The van der Waals surface area contributed by atoms with E-state index >= 15 is 0 Å². The van der Waals surface area contributed by atoms with Crippen LogP contribution in [-0.4, -0.2) is 43.1 Å². The summed E-state index contributed by atoms with van der Waals surface area (Å²) in [5, 5.41) is 14.7. The number of aromatic nitrogens is 1. The molecule has 166 valence electrons. The molecule has 2 aromatic carbocycles. The van der Waals surface area contributed by atoms with E-state index in [0.717, 1.165) is 15.4 Å². The van der Waals surface area contributed by atoms with Gasteiger partial charge in [0, 0.05) is 30.6 Å². The summed E-state index contributed by atoms with van der Waals surface area (Å²) in [6.45, 7) is -0.221. The van der Waals surface area contributed by atoms with E-state index in [1.807, 2.05) is 18.2 Å². The largest absolute Gasteiger partial charge is 0.354 e. The fourth-order valence-corrected chi connectivity index (χ4v) is 4.92. The molecule has 0 radical (unpaired) electrons. The summed E-state index contributed by atoms with van der Waals surface area (Å²) < 4.78 is 27.3. The first-order valence-corrected chi connectivity index (χ1v) is 11.9. The molecule has 0 aliphatic carbocycles. The van der Waals surface area contributed by atoms with Gasteiger partial charge in [-0.05, 0) is 30.3 Å². The molecule has 3 aromatic rings. The zero-order valence-corrected chi connectivity index (χ0v) is 18.5. The molecule has 11 heteroatoms. The van der Waals surface area contributed by atoms with Crippen LogP contribution in [0.5, 0.6) is 0 Å². The molecule has 0 spiro atoms. The summed E-state index contributed by atoms with van der Waals surface area (Å²) >= 11 is 1.45. The fourth-order valence-electron chi connectivity index (χ4n) is 2.76. The minimum absolute atomic E-state index is 0.0231. The Hall–Kier alpha value is -3.44. The number of nitro groups is 1. The second-order valence-electron chi connectivity index (χ2n) is 6.47. The maximum Gasteiger partial charge on any atom is 0.271 e. The third-order valence-corrected chi connectivity index (χ3v) is 6.99. The van der Waals surface area contributed by atoms with Crippen LogP contribution in [0.2, 0.25) is 0 Å². The van der Waals surface area contributed by atoms with Crippen LogP contribution in [0.15, 0.2) is 88.9 Å². The number of benzene rings is 2. The first-order valence-electron chi connectivity index (χ1n) is 9.51. The first kappa shape index (κ1) is 23.2. The number of nitro benzene ring substituents is 1.